The number of rotatable bonds is 7. The second-order valence-electron chi connectivity index (χ2n) is 6.34. The van der Waals surface area contributed by atoms with Gasteiger partial charge in [-0.3, -0.25) is 4.79 Å². The molecule has 0 saturated carbocycles. The lowest BCUT2D eigenvalue weighted by Gasteiger charge is -2.10. The second-order valence-corrected chi connectivity index (χ2v) is 6.34. The first-order valence-electron chi connectivity index (χ1n) is 8.98. The van der Waals surface area contributed by atoms with Crippen LogP contribution in [0.1, 0.15) is 41.5 Å². The third-order valence-corrected chi connectivity index (χ3v) is 4.49. The monoisotopic (exact) mass is 335 g/mol. The molecule has 3 rings (SSSR count). The van der Waals surface area contributed by atoms with Crippen LogP contribution < -0.4 is 5.32 Å². The lowest BCUT2D eigenvalue weighted by molar-refractivity contribution is 0.0953. The fourth-order valence-electron chi connectivity index (χ4n) is 3.09. The van der Waals surface area contributed by atoms with Crippen molar-refractivity contribution in [3.05, 3.63) is 65.5 Å². The molecule has 25 heavy (non-hydrogen) atoms. The normalized spacial score (nSPS) is 11.0. The highest BCUT2D eigenvalue weighted by Crippen LogP contribution is 2.17. The molecule has 1 aromatic heterocycles. The molecule has 1 amide bonds. The minimum atomic E-state index is -0.0191. The van der Waals surface area contributed by atoms with Crippen molar-refractivity contribution in [3.8, 4) is 0 Å². The molecule has 0 atom stereocenters. The molecule has 0 aliphatic carbocycles. The van der Waals surface area contributed by atoms with Gasteiger partial charge in [-0.05, 0) is 37.1 Å². The number of unbranched alkanes of at least 4 members (excludes halogenated alkanes) is 1. The van der Waals surface area contributed by atoms with E-state index in [0.717, 1.165) is 48.3 Å². The predicted molar refractivity (Wildman–Crippen MR) is 102 cm³/mol. The van der Waals surface area contributed by atoms with Crippen molar-refractivity contribution < 1.29 is 4.79 Å². The molecule has 1 heterocycles. The van der Waals surface area contributed by atoms with Gasteiger partial charge in [0.15, 0.2) is 0 Å². The fourth-order valence-corrected chi connectivity index (χ4v) is 3.09. The highest BCUT2D eigenvalue weighted by atomic mass is 16.1. The summed E-state index contributed by atoms with van der Waals surface area (Å²) in [5.74, 6) is 1.02. The molecule has 4 nitrogen and oxygen atoms in total. The zero-order chi connectivity index (χ0) is 17.6. The molecular formula is C21H25N3O. The van der Waals surface area contributed by atoms with Gasteiger partial charge in [0.05, 0.1) is 11.0 Å². The SMILES string of the molecule is CCCCn1c(CCNC(=O)c2ccccc2C)nc2ccccc21. The van der Waals surface area contributed by atoms with Crippen molar-refractivity contribution in [2.45, 2.75) is 39.7 Å². The third-order valence-electron chi connectivity index (χ3n) is 4.49. The van der Waals surface area contributed by atoms with E-state index < -0.39 is 0 Å². The van der Waals surface area contributed by atoms with Gasteiger partial charge in [0.1, 0.15) is 5.82 Å². The number of para-hydroxylation sites is 2. The number of fused-ring (bicyclic) bond motifs is 1. The van der Waals surface area contributed by atoms with Gasteiger partial charge in [-0.2, -0.15) is 0 Å². The van der Waals surface area contributed by atoms with Crippen LogP contribution in [0.25, 0.3) is 11.0 Å². The maximum absolute atomic E-state index is 12.3. The van der Waals surface area contributed by atoms with Gasteiger partial charge >= 0.3 is 0 Å². The predicted octanol–water partition coefficient (Wildman–Crippen LogP) is 4.12. The summed E-state index contributed by atoms with van der Waals surface area (Å²) in [6.45, 7) is 5.71. The quantitative estimate of drug-likeness (QED) is 0.706. The minimum Gasteiger partial charge on any atom is -0.352 e. The molecule has 0 bridgehead atoms. The standard InChI is InChI=1S/C21H25N3O/c1-3-4-15-24-19-12-8-7-11-18(19)23-20(24)13-14-22-21(25)17-10-6-5-9-16(17)2/h5-12H,3-4,13-15H2,1-2H3,(H,22,25). The number of carbonyl (C=O) groups excluding carboxylic acids is 1. The lowest BCUT2D eigenvalue weighted by atomic mass is 10.1. The maximum atomic E-state index is 12.3. The van der Waals surface area contributed by atoms with E-state index >= 15 is 0 Å². The van der Waals surface area contributed by atoms with E-state index in [1.54, 1.807) is 0 Å². The zero-order valence-electron chi connectivity index (χ0n) is 15.0. The van der Waals surface area contributed by atoms with Gasteiger partial charge in [-0.15, -0.1) is 0 Å². The van der Waals surface area contributed by atoms with Gasteiger partial charge < -0.3 is 9.88 Å². The summed E-state index contributed by atoms with van der Waals surface area (Å²) in [5, 5.41) is 3.02. The number of hydrogen-bond donors (Lipinski definition) is 1. The molecule has 4 heteroatoms. The van der Waals surface area contributed by atoms with Crippen LogP contribution in [0.5, 0.6) is 0 Å². The Morgan fingerprint density at radius 3 is 2.68 bits per heavy atom. The topological polar surface area (TPSA) is 46.9 Å². The van der Waals surface area contributed by atoms with Crippen molar-refractivity contribution in [1.82, 2.24) is 14.9 Å². The summed E-state index contributed by atoms with van der Waals surface area (Å²) >= 11 is 0. The van der Waals surface area contributed by atoms with E-state index in [1.165, 1.54) is 5.52 Å². The molecule has 130 valence electrons. The van der Waals surface area contributed by atoms with Crippen molar-refractivity contribution in [2.24, 2.45) is 0 Å². The van der Waals surface area contributed by atoms with Crippen molar-refractivity contribution in [3.63, 3.8) is 0 Å². The fraction of sp³-hybridized carbons (Fsp3) is 0.333. The Morgan fingerprint density at radius 2 is 1.88 bits per heavy atom. The average molecular weight is 335 g/mol. The smallest absolute Gasteiger partial charge is 0.251 e. The van der Waals surface area contributed by atoms with Crippen LogP contribution in [-0.2, 0) is 13.0 Å². The maximum Gasteiger partial charge on any atom is 0.251 e. The molecule has 1 N–H and O–H groups in total. The van der Waals surface area contributed by atoms with Crippen LogP contribution >= 0.6 is 0 Å². The van der Waals surface area contributed by atoms with E-state index in [0.29, 0.717) is 6.54 Å². The van der Waals surface area contributed by atoms with E-state index in [1.807, 2.05) is 43.3 Å². The summed E-state index contributed by atoms with van der Waals surface area (Å²) in [5.41, 5.74) is 3.94. The Labute approximate surface area is 148 Å². The van der Waals surface area contributed by atoms with Crippen LogP contribution in [0.3, 0.4) is 0 Å². The van der Waals surface area contributed by atoms with Crippen molar-refractivity contribution in [1.29, 1.82) is 0 Å². The number of imidazole rings is 1. The molecule has 0 aliphatic heterocycles. The summed E-state index contributed by atoms with van der Waals surface area (Å²) in [4.78, 5) is 17.1. The number of benzene rings is 2. The van der Waals surface area contributed by atoms with Gasteiger partial charge in [0, 0.05) is 25.1 Å². The van der Waals surface area contributed by atoms with Crippen LogP contribution in [0, 0.1) is 6.92 Å². The van der Waals surface area contributed by atoms with Crippen LogP contribution in [0.2, 0.25) is 0 Å². The van der Waals surface area contributed by atoms with E-state index in [-0.39, 0.29) is 5.91 Å². The number of carbonyl (C=O) groups is 1. The van der Waals surface area contributed by atoms with Crippen LogP contribution in [-0.4, -0.2) is 22.0 Å². The van der Waals surface area contributed by atoms with Crippen LogP contribution in [0.4, 0.5) is 0 Å². The summed E-state index contributed by atoms with van der Waals surface area (Å²) in [7, 11) is 0. The number of nitrogens with one attached hydrogen (secondary N) is 1. The third kappa shape index (κ3) is 3.90. The first-order valence-corrected chi connectivity index (χ1v) is 8.98. The van der Waals surface area contributed by atoms with E-state index in [9.17, 15) is 4.79 Å². The largest absolute Gasteiger partial charge is 0.352 e. The van der Waals surface area contributed by atoms with E-state index in [4.69, 9.17) is 4.98 Å². The number of amides is 1. The number of aromatic nitrogens is 2. The lowest BCUT2D eigenvalue weighted by Crippen LogP contribution is -2.27. The number of hydrogen-bond acceptors (Lipinski definition) is 2. The van der Waals surface area contributed by atoms with Crippen molar-refractivity contribution >= 4 is 16.9 Å². The van der Waals surface area contributed by atoms with Gasteiger partial charge in [-0.25, -0.2) is 4.98 Å². The van der Waals surface area contributed by atoms with Gasteiger partial charge in [0.2, 0.25) is 0 Å². The summed E-state index contributed by atoms with van der Waals surface area (Å²) in [6.07, 6.45) is 3.01. The Bertz CT molecular complexity index is 866. The molecule has 0 spiro atoms. The molecule has 0 saturated heterocycles. The second kappa shape index (κ2) is 7.97. The molecular weight excluding hydrogens is 310 g/mol. The Kier molecular flexibility index (Phi) is 5.49. The first-order chi connectivity index (χ1) is 12.2. The molecule has 3 aromatic rings. The highest BCUT2D eigenvalue weighted by Gasteiger charge is 2.11. The summed E-state index contributed by atoms with van der Waals surface area (Å²) < 4.78 is 2.29. The van der Waals surface area contributed by atoms with Gasteiger partial charge in [-0.1, -0.05) is 43.7 Å². The molecule has 0 unspecified atom stereocenters. The average Bonchev–Trinajstić information content (AvgIpc) is 2.97. The molecule has 0 aliphatic rings. The molecule has 0 fully saturated rings. The molecule has 0 radical (unpaired) electrons. The first kappa shape index (κ1) is 17.2. The Morgan fingerprint density at radius 1 is 1.12 bits per heavy atom. The highest BCUT2D eigenvalue weighted by molar-refractivity contribution is 5.95. The summed E-state index contributed by atoms with van der Waals surface area (Å²) in [6, 6.07) is 15.9. The number of nitrogens with zero attached hydrogens (tertiary/aromatic N) is 2. The number of aryl methyl sites for hydroxylation is 2. The van der Waals surface area contributed by atoms with Gasteiger partial charge in [0.25, 0.3) is 5.91 Å². The van der Waals surface area contributed by atoms with E-state index in [2.05, 4.69) is 28.9 Å². The van der Waals surface area contributed by atoms with Crippen molar-refractivity contribution in [2.75, 3.05) is 6.54 Å². The Balaban J connectivity index is 1.70. The van der Waals surface area contributed by atoms with Crippen LogP contribution in [0.15, 0.2) is 48.5 Å². The minimum absolute atomic E-state index is 0.0191. The Hall–Kier alpha value is -2.62. The zero-order valence-corrected chi connectivity index (χ0v) is 15.0. The molecule has 2 aromatic carbocycles.